The second-order valence-electron chi connectivity index (χ2n) is 8.59. The SMILES string of the molecule is Cc1cc(C)c2c(C[NH+]3CC[NH+](Cc4ccc5c(c4)OCO5)CC3)cc(=O)oc2c1. The van der Waals surface area contributed by atoms with Crippen molar-refractivity contribution in [1.29, 1.82) is 0 Å². The van der Waals surface area contributed by atoms with Gasteiger partial charge in [0, 0.05) is 22.6 Å². The number of ether oxygens (including phenoxy) is 2. The molecule has 6 nitrogen and oxygen atoms in total. The molecule has 0 atom stereocenters. The van der Waals surface area contributed by atoms with Gasteiger partial charge in [-0.15, -0.1) is 0 Å². The zero-order valence-electron chi connectivity index (χ0n) is 17.5. The van der Waals surface area contributed by atoms with E-state index in [9.17, 15) is 4.79 Å². The Bertz CT molecular complexity index is 1150. The number of hydrogen-bond donors (Lipinski definition) is 2. The summed E-state index contributed by atoms with van der Waals surface area (Å²) in [7, 11) is 0. The maximum Gasteiger partial charge on any atom is 0.336 e. The molecule has 2 aliphatic rings. The van der Waals surface area contributed by atoms with Crippen molar-refractivity contribution in [3.05, 3.63) is 69.1 Å². The van der Waals surface area contributed by atoms with Crippen LogP contribution in [0.4, 0.5) is 0 Å². The quantitative estimate of drug-likeness (QED) is 0.622. The van der Waals surface area contributed by atoms with Gasteiger partial charge in [-0.25, -0.2) is 4.79 Å². The molecule has 0 bridgehead atoms. The number of hydrogen-bond acceptors (Lipinski definition) is 4. The fourth-order valence-corrected chi connectivity index (χ4v) is 4.83. The van der Waals surface area contributed by atoms with Crippen LogP contribution in [0.5, 0.6) is 11.5 Å². The summed E-state index contributed by atoms with van der Waals surface area (Å²) in [5.41, 5.74) is 5.14. The van der Waals surface area contributed by atoms with Crippen LogP contribution in [-0.2, 0) is 13.1 Å². The molecular formula is C24H28N2O4+2. The van der Waals surface area contributed by atoms with Gasteiger partial charge < -0.3 is 23.7 Å². The largest absolute Gasteiger partial charge is 0.454 e. The first kappa shape index (κ1) is 19.2. The van der Waals surface area contributed by atoms with Crippen LogP contribution in [0, 0.1) is 13.8 Å². The van der Waals surface area contributed by atoms with Gasteiger partial charge in [-0.2, -0.15) is 0 Å². The molecule has 0 saturated carbocycles. The van der Waals surface area contributed by atoms with Gasteiger partial charge in [-0.1, -0.05) is 6.07 Å². The van der Waals surface area contributed by atoms with Crippen molar-refractivity contribution >= 4 is 11.0 Å². The van der Waals surface area contributed by atoms with Crippen LogP contribution in [0.15, 0.2) is 45.6 Å². The summed E-state index contributed by atoms with van der Waals surface area (Å²) >= 11 is 0. The number of nitrogens with one attached hydrogen (secondary N) is 2. The van der Waals surface area contributed by atoms with E-state index in [0.717, 1.165) is 67.3 Å². The van der Waals surface area contributed by atoms with Crippen LogP contribution in [0.1, 0.15) is 22.3 Å². The molecule has 1 fully saturated rings. The molecule has 0 aliphatic carbocycles. The minimum atomic E-state index is -0.256. The van der Waals surface area contributed by atoms with E-state index in [4.69, 9.17) is 13.9 Å². The second kappa shape index (κ2) is 7.78. The zero-order chi connectivity index (χ0) is 20.7. The molecule has 2 N–H and O–H groups in total. The predicted octanol–water partition coefficient (Wildman–Crippen LogP) is 0.622. The van der Waals surface area contributed by atoms with E-state index in [1.54, 1.807) is 11.0 Å². The molecule has 3 aromatic rings. The standard InChI is InChI=1S/C24H26N2O4/c1-16-9-17(2)24-19(12-23(27)30-22(24)10-16)14-26-7-5-25(6-8-26)13-18-3-4-20-21(11-18)29-15-28-20/h3-4,9-12H,5-8,13-15H2,1-2H3/p+2. The molecule has 1 saturated heterocycles. The lowest BCUT2D eigenvalue weighted by molar-refractivity contribution is -1.02. The van der Waals surface area contributed by atoms with Crippen molar-refractivity contribution in [2.24, 2.45) is 0 Å². The van der Waals surface area contributed by atoms with Crippen molar-refractivity contribution < 1.29 is 23.7 Å². The third-order valence-corrected chi connectivity index (χ3v) is 6.26. The summed E-state index contributed by atoms with van der Waals surface area (Å²) < 4.78 is 16.4. The van der Waals surface area contributed by atoms with Crippen LogP contribution in [-0.4, -0.2) is 33.0 Å². The third-order valence-electron chi connectivity index (χ3n) is 6.26. The number of aryl methyl sites for hydroxylation is 2. The smallest absolute Gasteiger partial charge is 0.336 e. The Labute approximate surface area is 175 Å². The predicted molar refractivity (Wildman–Crippen MR) is 113 cm³/mol. The van der Waals surface area contributed by atoms with Crippen LogP contribution < -0.4 is 24.9 Å². The van der Waals surface area contributed by atoms with E-state index >= 15 is 0 Å². The Morgan fingerprint density at radius 1 is 0.867 bits per heavy atom. The highest BCUT2D eigenvalue weighted by atomic mass is 16.7. The fourth-order valence-electron chi connectivity index (χ4n) is 4.83. The molecule has 156 valence electrons. The van der Waals surface area contributed by atoms with Crippen molar-refractivity contribution in [3.63, 3.8) is 0 Å². The minimum absolute atomic E-state index is 0.256. The molecule has 1 aromatic heterocycles. The average Bonchev–Trinajstić information content (AvgIpc) is 3.16. The lowest BCUT2D eigenvalue weighted by atomic mass is 10.0. The Morgan fingerprint density at radius 3 is 2.40 bits per heavy atom. The van der Waals surface area contributed by atoms with Crippen molar-refractivity contribution in [2.45, 2.75) is 26.9 Å². The summed E-state index contributed by atoms with van der Waals surface area (Å²) in [6.45, 7) is 10.7. The van der Waals surface area contributed by atoms with E-state index in [1.165, 1.54) is 16.0 Å². The highest BCUT2D eigenvalue weighted by molar-refractivity contribution is 5.84. The summed E-state index contributed by atoms with van der Waals surface area (Å²) in [6, 6.07) is 12.1. The first-order chi connectivity index (χ1) is 14.5. The maximum atomic E-state index is 12.1. The normalized spacial score (nSPS) is 20.6. The number of fused-ring (bicyclic) bond motifs is 2. The van der Waals surface area contributed by atoms with Crippen LogP contribution in [0.3, 0.4) is 0 Å². The monoisotopic (exact) mass is 408 g/mol. The van der Waals surface area contributed by atoms with Crippen LogP contribution >= 0.6 is 0 Å². The van der Waals surface area contributed by atoms with Crippen molar-refractivity contribution in [1.82, 2.24) is 0 Å². The summed E-state index contributed by atoms with van der Waals surface area (Å²) in [4.78, 5) is 15.2. The first-order valence-corrected chi connectivity index (χ1v) is 10.6. The van der Waals surface area contributed by atoms with E-state index in [0.29, 0.717) is 12.4 Å². The molecule has 2 aromatic carbocycles. The molecule has 0 unspecified atom stereocenters. The number of rotatable bonds is 4. The molecule has 5 rings (SSSR count). The Balaban J connectivity index is 1.26. The van der Waals surface area contributed by atoms with Gasteiger partial charge in [-0.3, -0.25) is 0 Å². The average molecular weight is 408 g/mol. The molecule has 0 radical (unpaired) electrons. The van der Waals surface area contributed by atoms with Gasteiger partial charge in [-0.05, 0) is 49.2 Å². The molecular weight excluding hydrogens is 380 g/mol. The minimum Gasteiger partial charge on any atom is -0.454 e. The first-order valence-electron chi connectivity index (χ1n) is 10.6. The van der Waals surface area contributed by atoms with Gasteiger partial charge in [0.25, 0.3) is 0 Å². The maximum absolute atomic E-state index is 12.1. The van der Waals surface area contributed by atoms with Gasteiger partial charge >= 0.3 is 5.63 Å². The van der Waals surface area contributed by atoms with Crippen molar-refractivity contribution in [2.75, 3.05) is 33.0 Å². The topological polar surface area (TPSA) is 57.5 Å². The van der Waals surface area contributed by atoms with Crippen LogP contribution in [0.25, 0.3) is 11.0 Å². The Hall–Kier alpha value is -2.83. The molecule has 6 heteroatoms. The Morgan fingerprint density at radius 2 is 1.60 bits per heavy atom. The summed E-state index contributed by atoms with van der Waals surface area (Å²) in [5.74, 6) is 1.70. The van der Waals surface area contributed by atoms with Gasteiger partial charge in [0.15, 0.2) is 11.5 Å². The van der Waals surface area contributed by atoms with E-state index in [-0.39, 0.29) is 5.63 Å². The van der Waals surface area contributed by atoms with E-state index in [1.807, 2.05) is 19.1 Å². The zero-order valence-corrected chi connectivity index (χ0v) is 17.5. The van der Waals surface area contributed by atoms with Gasteiger partial charge in [0.1, 0.15) is 44.9 Å². The van der Waals surface area contributed by atoms with Gasteiger partial charge in [0.05, 0.1) is 0 Å². The van der Waals surface area contributed by atoms with Crippen molar-refractivity contribution in [3.8, 4) is 11.5 Å². The fraction of sp³-hybridized carbons (Fsp3) is 0.375. The molecule has 3 heterocycles. The number of quaternary nitrogens is 2. The van der Waals surface area contributed by atoms with Crippen LogP contribution in [0.2, 0.25) is 0 Å². The van der Waals surface area contributed by atoms with E-state index in [2.05, 4.69) is 25.1 Å². The summed E-state index contributed by atoms with van der Waals surface area (Å²) in [6.07, 6.45) is 0. The van der Waals surface area contributed by atoms with E-state index < -0.39 is 0 Å². The molecule has 0 spiro atoms. The molecule has 2 aliphatic heterocycles. The second-order valence-corrected chi connectivity index (χ2v) is 8.59. The summed E-state index contributed by atoms with van der Waals surface area (Å²) in [5, 5.41) is 1.10. The number of piperazine rings is 1. The lowest BCUT2D eigenvalue weighted by Crippen LogP contribution is -3.27. The molecule has 30 heavy (non-hydrogen) atoms. The highest BCUT2D eigenvalue weighted by Crippen LogP contribution is 2.32. The third kappa shape index (κ3) is 3.80. The molecule has 0 amide bonds. The Kier molecular flexibility index (Phi) is 4.97. The lowest BCUT2D eigenvalue weighted by Gasteiger charge is -2.30. The highest BCUT2D eigenvalue weighted by Gasteiger charge is 2.25. The van der Waals surface area contributed by atoms with Gasteiger partial charge in [0.2, 0.25) is 6.79 Å². The number of benzene rings is 2.